The summed E-state index contributed by atoms with van der Waals surface area (Å²) < 4.78 is 7.45. The standard InChI is InChI=1S/C23H24N8O/c1-29-15-26-18-12-16(2-4-20(18)29)19-14-31-7-6-24-23(31)22(28-19)27-17-3-5-21(25-13-17)30-8-10-32-11-9-30/h2-5,12-15H,6-11H2,1H3,(H,27,28). The minimum absolute atomic E-state index is 0.738. The summed E-state index contributed by atoms with van der Waals surface area (Å²) in [5.74, 6) is 2.57. The van der Waals surface area contributed by atoms with E-state index in [2.05, 4.69) is 54.5 Å². The molecule has 1 saturated heterocycles. The fourth-order valence-corrected chi connectivity index (χ4v) is 4.24. The molecule has 9 nitrogen and oxygen atoms in total. The molecular formula is C23H24N8O. The Labute approximate surface area is 185 Å². The van der Waals surface area contributed by atoms with Crippen LogP contribution in [0.25, 0.3) is 16.7 Å². The topological polar surface area (TPSA) is 83.2 Å². The van der Waals surface area contributed by atoms with Gasteiger partial charge in [-0.3, -0.25) is 4.99 Å². The van der Waals surface area contributed by atoms with Crippen LogP contribution >= 0.6 is 0 Å². The van der Waals surface area contributed by atoms with Crippen molar-refractivity contribution in [2.75, 3.05) is 49.6 Å². The van der Waals surface area contributed by atoms with Crippen LogP contribution in [0.1, 0.15) is 5.56 Å². The van der Waals surface area contributed by atoms with E-state index >= 15 is 0 Å². The van der Waals surface area contributed by atoms with Crippen molar-refractivity contribution in [1.82, 2.24) is 19.4 Å². The Kier molecular flexibility index (Phi) is 4.61. The quantitative estimate of drug-likeness (QED) is 0.690. The molecule has 0 radical (unpaired) electrons. The number of rotatable bonds is 3. The minimum Gasteiger partial charge on any atom is -0.378 e. The van der Waals surface area contributed by atoms with Crippen LogP contribution in [0, 0.1) is 0 Å². The Balaban J connectivity index is 1.28. The van der Waals surface area contributed by atoms with Gasteiger partial charge in [-0.05, 0) is 24.3 Å². The van der Waals surface area contributed by atoms with E-state index < -0.39 is 0 Å². The third-order valence-corrected chi connectivity index (χ3v) is 5.96. The van der Waals surface area contributed by atoms with E-state index in [4.69, 9.17) is 9.73 Å². The Morgan fingerprint density at radius 3 is 2.78 bits per heavy atom. The Morgan fingerprint density at radius 1 is 1.03 bits per heavy atom. The number of ether oxygens (including phenoxy) is 1. The van der Waals surface area contributed by atoms with E-state index in [-0.39, 0.29) is 0 Å². The fraction of sp³-hybridized carbons (Fsp3) is 0.304. The number of aryl methyl sites for hydroxylation is 1. The van der Waals surface area contributed by atoms with Crippen molar-refractivity contribution in [2.24, 2.45) is 17.0 Å². The number of aromatic nitrogens is 3. The molecule has 0 bridgehead atoms. The van der Waals surface area contributed by atoms with Gasteiger partial charge in [0.1, 0.15) is 5.82 Å². The normalized spacial score (nSPS) is 18.3. The molecular weight excluding hydrogens is 404 g/mol. The monoisotopic (exact) mass is 428 g/mol. The maximum Gasteiger partial charge on any atom is 0.174 e. The zero-order valence-corrected chi connectivity index (χ0v) is 17.9. The highest BCUT2D eigenvalue weighted by molar-refractivity contribution is 6.46. The summed E-state index contributed by atoms with van der Waals surface area (Å²) in [6.45, 7) is 4.83. The van der Waals surface area contributed by atoms with Crippen LogP contribution in [-0.2, 0) is 11.8 Å². The first-order chi connectivity index (χ1) is 15.7. The summed E-state index contributed by atoms with van der Waals surface area (Å²) in [6.07, 6.45) is 5.75. The predicted molar refractivity (Wildman–Crippen MR) is 126 cm³/mol. The van der Waals surface area contributed by atoms with E-state index in [0.717, 1.165) is 84.9 Å². The third kappa shape index (κ3) is 3.40. The van der Waals surface area contributed by atoms with E-state index in [1.807, 2.05) is 36.3 Å². The molecule has 3 aliphatic rings. The lowest BCUT2D eigenvalue weighted by Crippen LogP contribution is -2.37. The SMILES string of the molecule is Cn1cnc2cc(C3=CN4CCN=C4C(Nc4ccc(N5CCOCC5)nc4)=N3)ccc21. The Morgan fingerprint density at radius 2 is 1.94 bits per heavy atom. The second kappa shape index (κ2) is 7.76. The smallest absolute Gasteiger partial charge is 0.174 e. The van der Waals surface area contributed by atoms with Gasteiger partial charge < -0.3 is 24.4 Å². The number of nitrogens with zero attached hydrogens (tertiary/aromatic N) is 7. The minimum atomic E-state index is 0.738. The van der Waals surface area contributed by atoms with Gasteiger partial charge in [0.25, 0.3) is 0 Å². The first-order valence-electron chi connectivity index (χ1n) is 10.8. The number of hydrogen-bond acceptors (Lipinski definition) is 8. The molecule has 0 spiro atoms. The average molecular weight is 429 g/mol. The molecule has 3 aliphatic heterocycles. The predicted octanol–water partition coefficient (Wildman–Crippen LogP) is 2.34. The van der Waals surface area contributed by atoms with Crippen molar-refractivity contribution in [3.05, 3.63) is 54.6 Å². The molecule has 0 aliphatic carbocycles. The zero-order chi connectivity index (χ0) is 21.5. The molecule has 5 heterocycles. The van der Waals surface area contributed by atoms with Crippen molar-refractivity contribution in [2.45, 2.75) is 0 Å². The van der Waals surface area contributed by atoms with Crippen molar-refractivity contribution in [1.29, 1.82) is 0 Å². The summed E-state index contributed by atoms with van der Waals surface area (Å²) >= 11 is 0. The second-order valence-electron chi connectivity index (χ2n) is 8.06. The second-order valence-corrected chi connectivity index (χ2v) is 8.06. The number of anilines is 2. The van der Waals surface area contributed by atoms with Gasteiger partial charge in [0.2, 0.25) is 0 Å². The van der Waals surface area contributed by atoms with Crippen molar-refractivity contribution >= 4 is 39.9 Å². The summed E-state index contributed by atoms with van der Waals surface area (Å²) in [7, 11) is 2.00. The number of aliphatic imine (C=N–C) groups is 2. The van der Waals surface area contributed by atoms with Crippen LogP contribution in [0.4, 0.5) is 11.5 Å². The van der Waals surface area contributed by atoms with Gasteiger partial charge in [0.05, 0.1) is 54.7 Å². The third-order valence-electron chi connectivity index (χ3n) is 5.96. The van der Waals surface area contributed by atoms with Gasteiger partial charge in [-0.2, -0.15) is 0 Å². The van der Waals surface area contributed by atoms with Gasteiger partial charge >= 0.3 is 0 Å². The van der Waals surface area contributed by atoms with Crippen molar-refractivity contribution < 1.29 is 4.74 Å². The van der Waals surface area contributed by atoms with Gasteiger partial charge in [0.15, 0.2) is 11.7 Å². The number of fused-ring (bicyclic) bond motifs is 2. The van der Waals surface area contributed by atoms with E-state index in [1.54, 1.807) is 0 Å². The fourth-order valence-electron chi connectivity index (χ4n) is 4.24. The van der Waals surface area contributed by atoms with Crippen LogP contribution in [0.3, 0.4) is 0 Å². The number of nitrogens with one attached hydrogen (secondary N) is 1. The van der Waals surface area contributed by atoms with Gasteiger partial charge in [-0.15, -0.1) is 0 Å². The van der Waals surface area contributed by atoms with Gasteiger partial charge in [-0.1, -0.05) is 6.07 Å². The number of imidazole rings is 1. The number of amidine groups is 2. The molecule has 3 aromatic rings. The number of benzene rings is 1. The lowest BCUT2D eigenvalue weighted by molar-refractivity contribution is 0.122. The molecule has 1 fully saturated rings. The first-order valence-corrected chi connectivity index (χ1v) is 10.8. The van der Waals surface area contributed by atoms with Crippen molar-refractivity contribution in [3.8, 4) is 0 Å². The Bertz CT molecular complexity index is 1250. The summed E-state index contributed by atoms with van der Waals surface area (Å²) in [5.41, 5.74) is 4.86. The van der Waals surface area contributed by atoms with Crippen LogP contribution in [0.2, 0.25) is 0 Å². The maximum atomic E-state index is 5.43. The van der Waals surface area contributed by atoms with Crippen LogP contribution in [-0.4, -0.2) is 70.5 Å². The molecule has 2 aromatic heterocycles. The highest BCUT2D eigenvalue weighted by atomic mass is 16.5. The van der Waals surface area contributed by atoms with E-state index in [0.29, 0.717) is 0 Å². The lowest BCUT2D eigenvalue weighted by Gasteiger charge is -2.28. The molecule has 162 valence electrons. The molecule has 0 atom stereocenters. The number of morpholine rings is 1. The van der Waals surface area contributed by atoms with Gasteiger partial charge in [-0.25, -0.2) is 15.0 Å². The molecule has 32 heavy (non-hydrogen) atoms. The summed E-state index contributed by atoms with van der Waals surface area (Å²) in [5, 5.41) is 3.43. The van der Waals surface area contributed by atoms with E-state index in [9.17, 15) is 0 Å². The number of hydrogen-bond donors (Lipinski definition) is 1. The molecule has 9 heteroatoms. The number of pyridine rings is 1. The summed E-state index contributed by atoms with van der Waals surface area (Å²) in [4.78, 5) is 23.1. The van der Waals surface area contributed by atoms with Crippen LogP contribution < -0.4 is 10.2 Å². The molecule has 1 aromatic carbocycles. The van der Waals surface area contributed by atoms with Crippen LogP contribution in [0.5, 0.6) is 0 Å². The Hall–Kier alpha value is -3.72. The lowest BCUT2D eigenvalue weighted by atomic mass is 10.1. The van der Waals surface area contributed by atoms with E-state index in [1.165, 1.54) is 0 Å². The first kappa shape index (κ1) is 19.0. The molecule has 0 amide bonds. The highest BCUT2D eigenvalue weighted by Crippen LogP contribution is 2.26. The average Bonchev–Trinajstić information content (AvgIpc) is 3.47. The van der Waals surface area contributed by atoms with Gasteiger partial charge in [0, 0.05) is 38.4 Å². The molecule has 1 N–H and O–H groups in total. The molecule has 0 saturated carbocycles. The maximum absolute atomic E-state index is 5.43. The summed E-state index contributed by atoms with van der Waals surface area (Å²) in [6, 6.07) is 10.3. The van der Waals surface area contributed by atoms with Crippen molar-refractivity contribution in [3.63, 3.8) is 0 Å². The molecule has 0 unspecified atom stereocenters. The largest absolute Gasteiger partial charge is 0.378 e. The zero-order valence-electron chi connectivity index (χ0n) is 17.9. The highest BCUT2D eigenvalue weighted by Gasteiger charge is 2.26. The molecule has 6 rings (SSSR count). The van der Waals surface area contributed by atoms with Crippen LogP contribution in [0.15, 0.2) is 59.0 Å².